The molecule has 0 spiro atoms. The normalized spacial score (nSPS) is 11.5. The highest BCUT2D eigenvalue weighted by Gasteiger charge is 2.12. The maximum atomic E-state index is 12.4. The summed E-state index contributed by atoms with van der Waals surface area (Å²) in [5.41, 5.74) is 1.48. The van der Waals surface area contributed by atoms with E-state index in [1.54, 1.807) is 12.1 Å². The van der Waals surface area contributed by atoms with Crippen molar-refractivity contribution in [2.45, 2.75) is 13.5 Å². The van der Waals surface area contributed by atoms with Crippen LogP contribution >= 0.6 is 27.3 Å². The lowest BCUT2D eigenvalue weighted by Crippen LogP contribution is -2.03. The maximum absolute atomic E-state index is 12.4. The molecule has 2 rings (SSSR count). The van der Waals surface area contributed by atoms with E-state index in [-0.39, 0.29) is 5.75 Å². The van der Waals surface area contributed by atoms with Gasteiger partial charge in [0.2, 0.25) is 0 Å². The van der Waals surface area contributed by atoms with Gasteiger partial charge >= 0.3 is 6.61 Å². The first-order chi connectivity index (χ1) is 9.99. The topological polar surface area (TPSA) is 45.9 Å². The van der Waals surface area contributed by atoms with Gasteiger partial charge in [-0.2, -0.15) is 14.0 Å². The third-order valence-electron chi connectivity index (χ3n) is 2.46. The number of hydrogen-bond acceptors (Lipinski definition) is 4. The van der Waals surface area contributed by atoms with Gasteiger partial charge in [-0.15, -0.1) is 11.3 Å². The third-order valence-corrected chi connectivity index (χ3v) is 3.94. The number of nitriles is 1. The van der Waals surface area contributed by atoms with Crippen molar-refractivity contribution in [1.82, 2.24) is 4.98 Å². The van der Waals surface area contributed by atoms with Gasteiger partial charge in [0.05, 0.1) is 5.57 Å². The summed E-state index contributed by atoms with van der Waals surface area (Å²) in [7, 11) is 0. The van der Waals surface area contributed by atoms with E-state index < -0.39 is 6.61 Å². The highest BCUT2D eigenvalue weighted by Crippen LogP contribution is 2.29. The van der Waals surface area contributed by atoms with Gasteiger partial charge in [-0.3, -0.25) is 0 Å². The fraction of sp³-hybridized carbons (Fsp3) is 0.143. The van der Waals surface area contributed by atoms with E-state index in [1.807, 2.05) is 18.4 Å². The zero-order valence-corrected chi connectivity index (χ0v) is 13.2. The number of aryl methyl sites for hydroxylation is 1. The van der Waals surface area contributed by atoms with Crippen molar-refractivity contribution in [2.75, 3.05) is 0 Å². The Morgan fingerprint density at radius 1 is 1.52 bits per heavy atom. The number of benzene rings is 1. The molecule has 3 nitrogen and oxygen atoms in total. The molecule has 2 aromatic rings. The Bertz CT molecular complexity index is 722. The number of aromatic nitrogens is 1. The van der Waals surface area contributed by atoms with Crippen LogP contribution in [-0.2, 0) is 0 Å². The van der Waals surface area contributed by atoms with Crippen LogP contribution in [-0.4, -0.2) is 11.6 Å². The summed E-state index contributed by atoms with van der Waals surface area (Å²) < 4.78 is 30.0. The van der Waals surface area contributed by atoms with Crippen LogP contribution in [0.5, 0.6) is 5.75 Å². The van der Waals surface area contributed by atoms with Gasteiger partial charge < -0.3 is 4.74 Å². The molecule has 0 radical (unpaired) electrons. The lowest BCUT2D eigenvalue weighted by atomic mass is 10.1. The molecule has 0 bridgehead atoms. The number of alkyl halides is 2. The van der Waals surface area contributed by atoms with E-state index in [9.17, 15) is 14.0 Å². The van der Waals surface area contributed by atoms with E-state index in [0.717, 1.165) is 5.69 Å². The van der Waals surface area contributed by atoms with E-state index >= 15 is 0 Å². The lowest BCUT2D eigenvalue weighted by Gasteiger charge is -2.08. The predicted octanol–water partition coefficient (Wildman–Crippen LogP) is 4.88. The average molecular weight is 371 g/mol. The molecule has 0 N–H and O–H groups in total. The number of allylic oxidation sites excluding steroid dienone is 1. The summed E-state index contributed by atoms with van der Waals surface area (Å²) in [6, 6.07) is 6.65. The molecule has 0 amide bonds. The number of ether oxygens (including phenoxy) is 1. The Labute approximate surface area is 132 Å². The van der Waals surface area contributed by atoms with Crippen molar-refractivity contribution >= 4 is 38.9 Å². The molecule has 1 aromatic heterocycles. The Morgan fingerprint density at radius 2 is 2.29 bits per heavy atom. The summed E-state index contributed by atoms with van der Waals surface area (Å²) in [6.45, 7) is -1.11. The Balaban J connectivity index is 2.46. The molecule has 0 aliphatic rings. The summed E-state index contributed by atoms with van der Waals surface area (Å²) in [5.74, 6) is 0.00854. The Hall–Kier alpha value is -1.78. The molecule has 0 fully saturated rings. The lowest BCUT2D eigenvalue weighted by molar-refractivity contribution is -0.0499. The van der Waals surface area contributed by atoms with Crippen LogP contribution < -0.4 is 4.74 Å². The van der Waals surface area contributed by atoms with E-state index in [2.05, 4.69) is 25.7 Å². The second-order valence-corrected chi connectivity index (χ2v) is 5.80. The predicted molar refractivity (Wildman–Crippen MR) is 81.1 cm³/mol. The first-order valence-corrected chi connectivity index (χ1v) is 7.45. The van der Waals surface area contributed by atoms with Crippen molar-refractivity contribution < 1.29 is 13.5 Å². The number of rotatable bonds is 4. The highest BCUT2D eigenvalue weighted by atomic mass is 79.9. The van der Waals surface area contributed by atoms with Crippen LogP contribution in [0.1, 0.15) is 16.3 Å². The van der Waals surface area contributed by atoms with Gasteiger partial charge in [-0.05, 0) is 31.2 Å². The molecular formula is C14H9BrF2N2OS. The fourth-order valence-corrected chi connectivity index (χ4v) is 2.75. The molecule has 7 heteroatoms. The van der Waals surface area contributed by atoms with Crippen molar-refractivity contribution in [2.24, 2.45) is 0 Å². The largest absolute Gasteiger partial charge is 0.434 e. The summed E-state index contributed by atoms with van der Waals surface area (Å²) in [4.78, 5) is 4.22. The summed E-state index contributed by atoms with van der Waals surface area (Å²) >= 11 is 4.59. The smallest absolute Gasteiger partial charge is 0.387 e. The van der Waals surface area contributed by atoms with Crippen molar-refractivity contribution in [1.29, 1.82) is 5.26 Å². The Morgan fingerprint density at radius 3 is 2.86 bits per heavy atom. The molecule has 1 aromatic carbocycles. The minimum absolute atomic E-state index is 0.00854. The van der Waals surface area contributed by atoms with E-state index in [1.165, 1.54) is 23.5 Å². The number of thiazole rings is 1. The van der Waals surface area contributed by atoms with Gasteiger partial charge in [0.15, 0.2) is 0 Å². The van der Waals surface area contributed by atoms with Crippen LogP contribution in [0.4, 0.5) is 8.78 Å². The Kier molecular flexibility index (Phi) is 5.04. The monoisotopic (exact) mass is 370 g/mol. The second kappa shape index (κ2) is 6.78. The zero-order chi connectivity index (χ0) is 15.4. The molecule has 0 aliphatic heterocycles. The van der Waals surface area contributed by atoms with Gasteiger partial charge in [0, 0.05) is 21.1 Å². The molecular weight excluding hydrogens is 362 g/mol. The molecule has 0 saturated carbocycles. The van der Waals surface area contributed by atoms with Crippen LogP contribution in [0.15, 0.2) is 28.1 Å². The van der Waals surface area contributed by atoms with Crippen LogP contribution in [0, 0.1) is 18.3 Å². The van der Waals surface area contributed by atoms with E-state index in [0.29, 0.717) is 20.6 Å². The van der Waals surface area contributed by atoms with Crippen molar-refractivity contribution in [3.8, 4) is 11.8 Å². The first-order valence-electron chi connectivity index (χ1n) is 5.78. The minimum atomic E-state index is -2.93. The zero-order valence-electron chi connectivity index (χ0n) is 10.8. The molecule has 0 saturated heterocycles. The average Bonchev–Trinajstić information content (AvgIpc) is 2.85. The van der Waals surface area contributed by atoms with E-state index in [4.69, 9.17) is 0 Å². The van der Waals surface area contributed by atoms with Gasteiger partial charge in [-0.1, -0.05) is 15.9 Å². The first kappa shape index (κ1) is 15.6. The standard InChI is InChI=1S/C14H9BrF2N2OS/c1-8-7-21-13(19-8)10(6-18)4-9-5-11(15)2-3-12(9)20-14(16)17/h2-5,7,14H,1H3/b10-4+. The molecule has 108 valence electrons. The highest BCUT2D eigenvalue weighted by molar-refractivity contribution is 9.10. The molecule has 21 heavy (non-hydrogen) atoms. The van der Waals surface area contributed by atoms with Gasteiger partial charge in [-0.25, -0.2) is 4.98 Å². The quantitative estimate of drug-likeness (QED) is 0.720. The summed E-state index contributed by atoms with van der Waals surface area (Å²) in [5, 5.41) is 11.6. The summed E-state index contributed by atoms with van der Waals surface area (Å²) in [6.07, 6.45) is 1.49. The number of hydrogen-bond donors (Lipinski definition) is 0. The second-order valence-electron chi connectivity index (χ2n) is 4.02. The van der Waals surface area contributed by atoms with Crippen LogP contribution in [0.25, 0.3) is 11.6 Å². The minimum Gasteiger partial charge on any atom is -0.434 e. The van der Waals surface area contributed by atoms with Crippen molar-refractivity contribution in [3.63, 3.8) is 0 Å². The number of nitrogens with zero attached hydrogens (tertiary/aromatic N) is 2. The fourth-order valence-electron chi connectivity index (χ4n) is 1.61. The van der Waals surface area contributed by atoms with Crippen molar-refractivity contribution in [3.05, 3.63) is 44.3 Å². The van der Waals surface area contributed by atoms with Crippen LogP contribution in [0.3, 0.4) is 0 Å². The van der Waals surface area contributed by atoms with Gasteiger partial charge in [0.1, 0.15) is 16.8 Å². The third kappa shape index (κ3) is 4.09. The SMILES string of the molecule is Cc1csc(/C(C#N)=C/c2cc(Br)ccc2OC(F)F)n1. The molecule has 0 unspecified atom stereocenters. The van der Waals surface area contributed by atoms with Crippen LogP contribution in [0.2, 0.25) is 0 Å². The number of halogens is 3. The molecule has 1 heterocycles. The molecule has 0 aliphatic carbocycles. The van der Waals surface area contributed by atoms with Gasteiger partial charge in [0.25, 0.3) is 0 Å². The molecule has 0 atom stereocenters. The maximum Gasteiger partial charge on any atom is 0.387 e.